The van der Waals surface area contributed by atoms with E-state index in [9.17, 15) is 9.59 Å². The summed E-state index contributed by atoms with van der Waals surface area (Å²) in [5.41, 5.74) is 2.94. The smallest absolute Gasteiger partial charge is 0.335 e. The standard InChI is InChI=1S/C18H25NO4/c1-5-11-22-13(4)18(21)23-12-16(20)19-17-14(6-2)9-8-10-15(17)7-3/h5,8-10,13H,1,6-7,11-12H2,2-4H3,(H,19,20). The maximum absolute atomic E-state index is 12.0. The fourth-order valence-electron chi connectivity index (χ4n) is 2.11. The number of para-hydroxylation sites is 1. The van der Waals surface area contributed by atoms with Gasteiger partial charge in [0.2, 0.25) is 0 Å². The van der Waals surface area contributed by atoms with Gasteiger partial charge in [0.15, 0.2) is 12.7 Å². The number of aryl methyl sites for hydroxylation is 2. The molecule has 0 bridgehead atoms. The van der Waals surface area contributed by atoms with Crippen molar-refractivity contribution < 1.29 is 19.1 Å². The fraction of sp³-hybridized carbons (Fsp3) is 0.444. The van der Waals surface area contributed by atoms with Crippen molar-refractivity contribution in [1.29, 1.82) is 0 Å². The van der Waals surface area contributed by atoms with E-state index >= 15 is 0 Å². The normalized spacial score (nSPS) is 11.6. The van der Waals surface area contributed by atoms with E-state index in [1.54, 1.807) is 13.0 Å². The number of carbonyl (C=O) groups excluding carboxylic acids is 2. The summed E-state index contributed by atoms with van der Waals surface area (Å²) in [6.45, 7) is 9.07. The molecule has 0 spiro atoms. The summed E-state index contributed by atoms with van der Waals surface area (Å²) < 4.78 is 10.1. The van der Waals surface area contributed by atoms with E-state index in [0.29, 0.717) is 0 Å². The van der Waals surface area contributed by atoms with Gasteiger partial charge in [0, 0.05) is 5.69 Å². The summed E-state index contributed by atoms with van der Waals surface area (Å²) in [6, 6.07) is 5.93. The minimum atomic E-state index is -0.727. The van der Waals surface area contributed by atoms with E-state index in [1.165, 1.54) is 0 Å². The highest BCUT2D eigenvalue weighted by Gasteiger charge is 2.17. The maximum Gasteiger partial charge on any atom is 0.335 e. The van der Waals surface area contributed by atoms with E-state index in [2.05, 4.69) is 11.9 Å². The van der Waals surface area contributed by atoms with Crippen LogP contribution in [0.15, 0.2) is 30.9 Å². The first-order valence-electron chi connectivity index (χ1n) is 7.83. The van der Waals surface area contributed by atoms with Crippen molar-refractivity contribution in [2.45, 2.75) is 39.7 Å². The van der Waals surface area contributed by atoms with Crippen LogP contribution in [0.5, 0.6) is 0 Å². The fourth-order valence-corrected chi connectivity index (χ4v) is 2.11. The average Bonchev–Trinajstić information content (AvgIpc) is 2.57. The molecule has 0 fully saturated rings. The Morgan fingerprint density at radius 1 is 1.26 bits per heavy atom. The summed E-state index contributed by atoms with van der Waals surface area (Å²) in [7, 11) is 0. The number of anilines is 1. The molecule has 0 aliphatic carbocycles. The quantitative estimate of drug-likeness (QED) is 0.561. The lowest BCUT2D eigenvalue weighted by Crippen LogP contribution is -2.28. The monoisotopic (exact) mass is 319 g/mol. The van der Waals surface area contributed by atoms with Gasteiger partial charge in [-0.05, 0) is 30.9 Å². The van der Waals surface area contributed by atoms with Crippen LogP contribution in [0.1, 0.15) is 31.9 Å². The number of ether oxygens (including phenoxy) is 2. The number of benzene rings is 1. The van der Waals surface area contributed by atoms with Crippen LogP contribution in [0.4, 0.5) is 5.69 Å². The second-order valence-electron chi connectivity index (χ2n) is 5.08. The number of rotatable bonds is 9. The van der Waals surface area contributed by atoms with E-state index in [1.807, 2.05) is 32.0 Å². The van der Waals surface area contributed by atoms with Gasteiger partial charge >= 0.3 is 5.97 Å². The van der Waals surface area contributed by atoms with Crippen molar-refractivity contribution in [3.63, 3.8) is 0 Å². The maximum atomic E-state index is 12.0. The van der Waals surface area contributed by atoms with Crippen LogP contribution in [0, 0.1) is 0 Å². The molecule has 0 saturated carbocycles. The molecule has 5 nitrogen and oxygen atoms in total. The van der Waals surface area contributed by atoms with Crippen LogP contribution in [0.25, 0.3) is 0 Å². The molecule has 1 aromatic carbocycles. The van der Waals surface area contributed by atoms with Gasteiger partial charge in [-0.2, -0.15) is 0 Å². The molecule has 0 aliphatic heterocycles. The number of amides is 1. The highest BCUT2D eigenvalue weighted by molar-refractivity contribution is 5.94. The van der Waals surface area contributed by atoms with E-state index < -0.39 is 12.1 Å². The summed E-state index contributed by atoms with van der Waals surface area (Å²) in [5.74, 6) is -0.925. The number of esters is 1. The van der Waals surface area contributed by atoms with Gasteiger partial charge in [-0.15, -0.1) is 6.58 Å². The second-order valence-corrected chi connectivity index (χ2v) is 5.08. The minimum absolute atomic E-state index is 0.256. The van der Waals surface area contributed by atoms with Crippen LogP contribution < -0.4 is 5.32 Å². The molecule has 1 rings (SSSR count). The topological polar surface area (TPSA) is 64.6 Å². The lowest BCUT2D eigenvalue weighted by Gasteiger charge is -2.15. The summed E-state index contributed by atoms with van der Waals surface area (Å²) >= 11 is 0. The Bertz CT molecular complexity index is 532. The molecular weight excluding hydrogens is 294 g/mol. The zero-order valence-electron chi connectivity index (χ0n) is 14.1. The third-order valence-electron chi connectivity index (χ3n) is 3.40. The van der Waals surface area contributed by atoms with Crippen molar-refractivity contribution in [2.75, 3.05) is 18.5 Å². The molecular formula is C18H25NO4. The Morgan fingerprint density at radius 2 is 1.87 bits per heavy atom. The largest absolute Gasteiger partial charge is 0.454 e. The molecule has 0 saturated heterocycles. The van der Waals surface area contributed by atoms with Crippen LogP contribution in [-0.2, 0) is 31.9 Å². The molecule has 1 N–H and O–H groups in total. The molecule has 126 valence electrons. The lowest BCUT2D eigenvalue weighted by molar-refractivity contribution is -0.157. The highest BCUT2D eigenvalue weighted by atomic mass is 16.6. The van der Waals surface area contributed by atoms with Gasteiger partial charge in [-0.3, -0.25) is 4.79 Å². The molecule has 1 atom stereocenters. The van der Waals surface area contributed by atoms with Gasteiger partial charge < -0.3 is 14.8 Å². The van der Waals surface area contributed by atoms with E-state index in [-0.39, 0.29) is 19.1 Å². The van der Waals surface area contributed by atoms with Crippen molar-refractivity contribution in [1.82, 2.24) is 0 Å². The van der Waals surface area contributed by atoms with Gasteiger partial charge in [0.1, 0.15) is 0 Å². The molecule has 0 aliphatic rings. The minimum Gasteiger partial charge on any atom is -0.454 e. The summed E-state index contributed by atoms with van der Waals surface area (Å²) in [4.78, 5) is 23.7. The Labute approximate surface area is 137 Å². The summed E-state index contributed by atoms with van der Waals surface area (Å²) in [5, 5.41) is 2.85. The molecule has 0 radical (unpaired) electrons. The van der Waals surface area contributed by atoms with Gasteiger partial charge in [0.25, 0.3) is 5.91 Å². The van der Waals surface area contributed by atoms with E-state index in [4.69, 9.17) is 9.47 Å². The predicted molar refractivity (Wildman–Crippen MR) is 90.4 cm³/mol. The zero-order chi connectivity index (χ0) is 17.2. The molecule has 0 heterocycles. The Hall–Kier alpha value is -2.14. The van der Waals surface area contributed by atoms with Crippen LogP contribution in [0.2, 0.25) is 0 Å². The van der Waals surface area contributed by atoms with Gasteiger partial charge in [-0.25, -0.2) is 4.79 Å². The molecule has 23 heavy (non-hydrogen) atoms. The lowest BCUT2D eigenvalue weighted by atomic mass is 10.0. The molecule has 5 heteroatoms. The first-order valence-corrected chi connectivity index (χ1v) is 7.83. The third-order valence-corrected chi connectivity index (χ3v) is 3.40. The van der Waals surface area contributed by atoms with Crippen molar-refractivity contribution in [3.05, 3.63) is 42.0 Å². The third kappa shape index (κ3) is 5.87. The first kappa shape index (κ1) is 18.9. The molecule has 1 aromatic rings. The predicted octanol–water partition coefficient (Wildman–Crippen LogP) is 2.88. The number of nitrogens with one attached hydrogen (secondary N) is 1. The second kappa shape index (κ2) is 9.79. The van der Waals surface area contributed by atoms with Crippen LogP contribution in [-0.4, -0.2) is 31.2 Å². The number of hydrogen-bond acceptors (Lipinski definition) is 4. The Balaban J connectivity index is 2.61. The molecule has 1 unspecified atom stereocenters. The van der Waals surface area contributed by atoms with Crippen molar-refractivity contribution in [2.24, 2.45) is 0 Å². The first-order chi connectivity index (χ1) is 11.0. The van der Waals surface area contributed by atoms with Crippen LogP contribution >= 0.6 is 0 Å². The average molecular weight is 319 g/mol. The zero-order valence-corrected chi connectivity index (χ0v) is 14.1. The SMILES string of the molecule is C=CCOC(C)C(=O)OCC(=O)Nc1c(CC)cccc1CC. The molecule has 0 aromatic heterocycles. The van der Waals surface area contributed by atoms with Crippen LogP contribution in [0.3, 0.4) is 0 Å². The Kier molecular flexibility index (Phi) is 8.05. The summed E-state index contributed by atoms with van der Waals surface area (Å²) in [6.07, 6.45) is 2.45. The van der Waals surface area contributed by atoms with Crippen molar-refractivity contribution >= 4 is 17.6 Å². The number of hydrogen-bond donors (Lipinski definition) is 1. The number of carbonyl (C=O) groups is 2. The van der Waals surface area contributed by atoms with Gasteiger partial charge in [0.05, 0.1) is 6.61 Å². The van der Waals surface area contributed by atoms with Crippen molar-refractivity contribution in [3.8, 4) is 0 Å². The van der Waals surface area contributed by atoms with Gasteiger partial charge in [-0.1, -0.05) is 38.1 Å². The van der Waals surface area contributed by atoms with E-state index in [0.717, 1.165) is 29.7 Å². The molecule has 1 amide bonds. The Morgan fingerprint density at radius 3 is 2.39 bits per heavy atom. The highest BCUT2D eigenvalue weighted by Crippen LogP contribution is 2.22.